The molecule has 0 bridgehead atoms. The second-order valence-corrected chi connectivity index (χ2v) is 10.0. The van der Waals surface area contributed by atoms with E-state index in [-0.39, 0.29) is 26.2 Å². The smallest absolute Gasteiger partial charge is 0.478 e. The molecule has 204 valence electrons. The number of sulfonamides is 1. The molecule has 0 spiro atoms. The van der Waals surface area contributed by atoms with E-state index in [1.165, 1.54) is 30.3 Å². The molecule has 0 saturated heterocycles. The minimum Gasteiger partial charge on any atom is -0.478 e. The van der Waals surface area contributed by atoms with Crippen molar-refractivity contribution < 1.29 is 41.4 Å². The van der Waals surface area contributed by atoms with Gasteiger partial charge in [-0.15, -0.1) is 0 Å². The van der Waals surface area contributed by atoms with Gasteiger partial charge in [-0.1, -0.05) is 53.5 Å². The van der Waals surface area contributed by atoms with Crippen LogP contribution in [0.1, 0.15) is 22.8 Å². The van der Waals surface area contributed by atoms with Gasteiger partial charge in [-0.3, -0.25) is 4.72 Å². The maximum absolute atomic E-state index is 12.7. The van der Waals surface area contributed by atoms with Gasteiger partial charge in [0.25, 0.3) is 10.0 Å². The highest BCUT2D eigenvalue weighted by atomic mass is 35.5. The molecule has 0 atom stereocenters. The van der Waals surface area contributed by atoms with Gasteiger partial charge in [-0.2, -0.15) is 13.2 Å². The van der Waals surface area contributed by atoms with Crippen molar-refractivity contribution in [1.29, 1.82) is 0 Å². The molecule has 8 nitrogen and oxygen atoms in total. The number of alkyl halides is 3. The van der Waals surface area contributed by atoms with Gasteiger partial charge in [0, 0.05) is 18.8 Å². The Morgan fingerprint density at radius 2 is 1.55 bits per heavy atom. The quantitative estimate of drug-likeness (QED) is 0.286. The number of carboxylic acids is 2. The number of hydrogen-bond donors (Lipinski definition) is 3. The van der Waals surface area contributed by atoms with Crippen LogP contribution in [0.4, 0.5) is 24.5 Å². The van der Waals surface area contributed by atoms with E-state index in [1.807, 2.05) is 42.2 Å². The van der Waals surface area contributed by atoms with Crippen LogP contribution in [0.5, 0.6) is 0 Å². The molecule has 3 N–H and O–H groups in total. The summed E-state index contributed by atoms with van der Waals surface area (Å²) in [6.07, 6.45) is -5.08. The summed E-state index contributed by atoms with van der Waals surface area (Å²) in [4.78, 5) is 22.7. The number of nitrogens with zero attached hydrogens (tertiary/aromatic N) is 1. The zero-order chi connectivity index (χ0) is 28.7. The molecule has 3 aromatic carbocycles. The zero-order valence-corrected chi connectivity index (χ0v) is 21.9. The molecule has 0 unspecified atom stereocenters. The molecule has 0 saturated carbocycles. The summed E-state index contributed by atoms with van der Waals surface area (Å²) in [5, 5.41) is 17.2. The first-order chi connectivity index (χ1) is 17.7. The predicted octanol–water partition coefficient (Wildman–Crippen LogP) is 6.15. The van der Waals surface area contributed by atoms with E-state index in [1.54, 1.807) is 6.07 Å². The molecule has 0 radical (unpaired) electrons. The number of rotatable bonds is 8. The Morgan fingerprint density at radius 1 is 0.947 bits per heavy atom. The second kappa shape index (κ2) is 12.9. The largest absolute Gasteiger partial charge is 0.490 e. The predicted molar refractivity (Wildman–Crippen MR) is 138 cm³/mol. The van der Waals surface area contributed by atoms with Crippen molar-refractivity contribution in [2.75, 3.05) is 16.2 Å². The lowest BCUT2D eigenvalue weighted by Crippen LogP contribution is -2.24. The molecule has 0 aliphatic carbocycles. The van der Waals surface area contributed by atoms with Crippen LogP contribution in [0.3, 0.4) is 0 Å². The van der Waals surface area contributed by atoms with E-state index in [0.717, 1.165) is 5.56 Å². The SMILES string of the molecule is CCN(Cc1ccccc1)c1ccc(NS(=O)(=O)c2ccc(Cl)c(Cl)c2)cc1C(=O)O.O=C(O)C(F)(F)F. The molecule has 14 heteroatoms. The average Bonchev–Trinajstić information content (AvgIpc) is 2.84. The van der Waals surface area contributed by atoms with Crippen LogP contribution in [0.25, 0.3) is 0 Å². The fourth-order valence-corrected chi connectivity index (χ4v) is 4.51. The van der Waals surface area contributed by atoms with E-state index in [9.17, 15) is 31.5 Å². The van der Waals surface area contributed by atoms with Crippen LogP contribution in [0.15, 0.2) is 71.6 Å². The third kappa shape index (κ3) is 8.54. The molecule has 3 rings (SSSR count). The van der Waals surface area contributed by atoms with Crippen molar-refractivity contribution in [3.05, 3.63) is 87.9 Å². The number of anilines is 2. The average molecular weight is 593 g/mol. The standard InChI is InChI=1S/C22H20Cl2N2O4S.C2HF3O2/c1-2-26(14-15-6-4-3-5-7-15)21-11-8-16(12-18(21)22(27)28)25-31(29,30)17-9-10-19(23)20(24)13-17;3-2(4,5)1(6)7/h3-13,25H,2,14H2,1H3,(H,27,28);(H,6,7). The number of benzene rings is 3. The number of carboxylic acid groups (broad SMARTS) is 2. The Bertz CT molecular complexity index is 1400. The van der Waals surface area contributed by atoms with Gasteiger partial charge >= 0.3 is 18.1 Å². The van der Waals surface area contributed by atoms with Crippen molar-refractivity contribution in [2.45, 2.75) is 24.5 Å². The Morgan fingerprint density at radius 3 is 2.05 bits per heavy atom. The molecular formula is C24H21Cl2F3N2O6S. The van der Waals surface area contributed by atoms with Crippen LogP contribution in [0.2, 0.25) is 10.0 Å². The maximum atomic E-state index is 12.7. The Kier molecular flexibility index (Phi) is 10.4. The molecule has 0 aromatic heterocycles. The number of nitrogens with one attached hydrogen (secondary N) is 1. The Hall–Kier alpha value is -3.48. The van der Waals surface area contributed by atoms with Gasteiger partial charge in [0.05, 0.1) is 26.2 Å². The van der Waals surface area contributed by atoms with Crippen molar-refractivity contribution in [2.24, 2.45) is 0 Å². The highest BCUT2D eigenvalue weighted by Gasteiger charge is 2.38. The minimum atomic E-state index is -5.08. The fraction of sp³-hybridized carbons (Fsp3) is 0.167. The van der Waals surface area contributed by atoms with Crippen molar-refractivity contribution in [3.8, 4) is 0 Å². The molecule has 3 aromatic rings. The van der Waals surface area contributed by atoms with Crippen molar-refractivity contribution in [3.63, 3.8) is 0 Å². The molecular weight excluding hydrogens is 572 g/mol. The molecule has 0 heterocycles. The minimum absolute atomic E-state index is 0.00730. The van der Waals surface area contributed by atoms with Crippen molar-refractivity contribution in [1.82, 2.24) is 0 Å². The number of carbonyl (C=O) groups is 2. The lowest BCUT2D eigenvalue weighted by Gasteiger charge is -2.25. The monoisotopic (exact) mass is 592 g/mol. The van der Waals surface area contributed by atoms with Crippen LogP contribution < -0.4 is 9.62 Å². The molecule has 0 amide bonds. The van der Waals surface area contributed by atoms with Gasteiger partial charge < -0.3 is 15.1 Å². The maximum Gasteiger partial charge on any atom is 0.490 e. The van der Waals surface area contributed by atoms with Crippen LogP contribution in [-0.2, 0) is 21.4 Å². The van der Waals surface area contributed by atoms with Gasteiger partial charge in [-0.05, 0) is 48.9 Å². The summed E-state index contributed by atoms with van der Waals surface area (Å²) in [5.41, 5.74) is 1.65. The number of aromatic carboxylic acids is 1. The van der Waals surface area contributed by atoms with E-state index in [2.05, 4.69) is 4.72 Å². The van der Waals surface area contributed by atoms with E-state index >= 15 is 0 Å². The Balaban J connectivity index is 0.000000638. The van der Waals surface area contributed by atoms with Gasteiger partial charge in [0.1, 0.15) is 0 Å². The summed E-state index contributed by atoms with van der Waals surface area (Å²) in [6, 6.07) is 18.0. The lowest BCUT2D eigenvalue weighted by molar-refractivity contribution is -0.192. The third-order valence-electron chi connectivity index (χ3n) is 4.86. The zero-order valence-electron chi connectivity index (χ0n) is 19.5. The normalized spacial score (nSPS) is 11.2. The lowest BCUT2D eigenvalue weighted by atomic mass is 10.1. The van der Waals surface area contributed by atoms with Crippen LogP contribution >= 0.6 is 23.2 Å². The number of aliphatic carboxylic acids is 1. The van der Waals surface area contributed by atoms with E-state index in [0.29, 0.717) is 18.8 Å². The molecule has 0 fully saturated rings. The molecule has 38 heavy (non-hydrogen) atoms. The first kappa shape index (κ1) is 30.7. The number of hydrogen-bond acceptors (Lipinski definition) is 5. The molecule has 0 aliphatic heterocycles. The summed E-state index contributed by atoms with van der Waals surface area (Å²) < 4.78 is 59.5. The first-order valence-electron chi connectivity index (χ1n) is 10.6. The van der Waals surface area contributed by atoms with Gasteiger partial charge in [0.2, 0.25) is 0 Å². The second-order valence-electron chi connectivity index (χ2n) is 7.52. The van der Waals surface area contributed by atoms with Crippen molar-refractivity contribution >= 4 is 56.5 Å². The summed E-state index contributed by atoms with van der Waals surface area (Å²) in [7, 11) is -3.98. The third-order valence-corrected chi connectivity index (χ3v) is 6.98. The van der Waals surface area contributed by atoms with E-state index in [4.69, 9.17) is 33.1 Å². The Labute approximate surface area is 226 Å². The summed E-state index contributed by atoms with van der Waals surface area (Å²) in [6.45, 7) is 3.02. The fourth-order valence-electron chi connectivity index (χ4n) is 3.08. The summed E-state index contributed by atoms with van der Waals surface area (Å²) >= 11 is 11.8. The van der Waals surface area contributed by atoms with Crippen LogP contribution in [-0.4, -0.2) is 43.3 Å². The van der Waals surface area contributed by atoms with Gasteiger partial charge in [0.15, 0.2) is 0 Å². The van der Waals surface area contributed by atoms with E-state index < -0.39 is 28.1 Å². The van der Waals surface area contributed by atoms with Crippen LogP contribution in [0, 0.1) is 0 Å². The molecule has 0 aliphatic rings. The first-order valence-corrected chi connectivity index (χ1v) is 12.8. The topological polar surface area (TPSA) is 124 Å². The van der Waals surface area contributed by atoms with Gasteiger partial charge in [-0.25, -0.2) is 18.0 Å². The summed E-state index contributed by atoms with van der Waals surface area (Å²) in [5.74, 6) is -3.91. The number of halogens is 5. The highest BCUT2D eigenvalue weighted by molar-refractivity contribution is 7.92. The highest BCUT2D eigenvalue weighted by Crippen LogP contribution is 2.29.